The van der Waals surface area contributed by atoms with Crippen LogP contribution in [0.15, 0.2) is 0 Å². The molecule has 0 bridgehead atoms. The number of rotatable bonds is 7. The van der Waals surface area contributed by atoms with E-state index in [1.165, 1.54) is 32.2 Å². The van der Waals surface area contributed by atoms with E-state index in [1.54, 1.807) is 0 Å². The first kappa shape index (κ1) is 12.5. The van der Waals surface area contributed by atoms with Crippen LogP contribution in [0.5, 0.6) is 0 Å². The summed E-state index contributed by atoms with van der Waals surface area (Å²) >= 11 is 0. The minimum atomic E-state index is 0.631. The molecule has 0 saturated carbocycles. The van der Waals surface area contributed by atoms with Gasteiger partial charge >= 0.3 is 0 Å². The fourth-order valence-corrected chi connectivity index (χ4v) is 2.17. The van der Waals surface area contributed by atoms with E-state index in [0.717, 1.165) is 25.4 Å². The Kier molecular flexibility index (Phi) is 6.47. The molecule has 1 fully saturated rings. The molecule has 0 spiro atoms. The fourth-order valence-electron chi connectivity index (χ4n) is 2.17. The largest absolute Gasteiger partial charge is 0.314 e. The molecule has 0 amide bonds. The van der Waals surface area contributed by atoms with Gasteiger partial charge in [0, 0.05) is 18.5 Å². The molecule has 1 aliphatic heterocycles. The van der Waals surface area contributed by atoms with Crippen LogP contribution in [0.2, 0.25) is 0 Å². The van der Waals surface area contributed by atoms with Crippen molar-refractivity contribution in [2.75, 3.05) is 13.1 Å². The van der Waals surface area contributed by atoms with E-state index in [0.29, 0.717) is 6.04 Å². The number of hydrogen-bond acceptors (Lipinski definition) is 2. The lowest BCUT2D eigenvalue weighted by atomic mass is 10.1. The van der Waals surface area contributed by atoms with E-state index in [1.807, 2.05) is 0 Å². The molecule has 0 aliphatic carbocycles. The Hall–Kier alpha value is -0.520. The SMILES string of the molecule is C#CCCCCNC(C)CC1CCCN1. The van der Waals surface area contributed by atoms with Gasteiger partial charge in [-0.05, 0) is 52.1 Å². The highest BCUT2D eigenvalue weighted by atomic mass is 15.0. The first-order valence-electron chi connectivity index (χ1n) is 6.23. The van der Waals surface area contributed by atoms with Crippen LogP contribution in [-0.4, -0.2) is 25.2 Å². The Bertz CT molecular complexity index is 189. The smallest absolute Gasteiger partial charge is 0.00865 e. The predicted molar refractivity (Wildman–Crippen MR) is 65.8 cm³/mol. The van der Waals surface area contributed by atoms with Crippen molar-refractivity contribution in [2.24, 2.45) is 0 Å². The lowest BCUT2D eigenvalue weighted by Crippen LogP contribution is -2.34. The minimum Gasteiger partial charge on any atom is -0.314 e. The highest BCUT2D eigenvalue weighted by Gasteiger charge is 2.16. The van der Waals surface area contributed by atoms with Crippen molar-refractivity contribution < 1.29 is 0 Å². The van der Waals surface area contributed by atoms with Crippen molar-refractivity contribution in [2.45, 2.75) is 57.5 Å². The van der Waals surface area contributed by atoms with Gasteiger partial charge in [-0.25, -0.2) is 0 Å². The van der Waals surface area contributed by atoms with Crippen molar-refractivity contribution in [3.05, 3.63) is 0 Å². The number of nitrogens with one attached hydrogen (secondary N) is 2. The van der Waals surface area contributed by atoms with Crippen LogP contribution in [0.3, 0.4) is 0 Å². The van der Waals surface area contributed by atoms with Crippen molar-refractivity contribution in [1.29, 1.82) is 0 Å². The van der Waals surface area contributed by atoms with E-state index in [9.17, 15) is 0 Å². The molecule has 1 rings (SSSR count). The zero-order valence-electron chi connectivity index (χ0n) is 9.89. The van der Waals surface area contributed by atoms with E-state index in [4.69, 9.17) is 6.42 Å². The normalized spacial score (nSPS) is 22.5. The molecule has 86 valence electrons. The third-order valence-corrected chi connectivity index (χ3v) is 3.04. The Morgan fingerprint density at radius 3 is 3.07 bits per heavy atom. The lowest BCUT2D eigenvalue weighted by molar-refractivity contribution is 0.436. The van der Waals surface area contributed by atoms with Crippen LogP contribution in [0.1, 0.15) is 45.4 Å². The Morgan fingerprint density at radius 2 is 2.40 bits per heavy atom. The molecular formula is C13H24N2. The van der Waals surface area contributed by atoms with E-state index < -0.39 is 0 Å². The molecule has 0 radical (unpaired) electrons. The van der Waals surface area contributed by atoms with Gasteiger partial charge in [0.2, 0.25) is 0 Å². The zero-order valence-corrected chi connectivity index (χ0v) is 9.89. The predicted octanol–water partition coefficient (Wildman–Crippen LogP) is 1.91. The molecule has 2 atom stereocenters. The zero-order chi connectivity index (χ0) is 10.9. The number of hydrogen-bond donors (Lipinski definition) is 2. The topological polar surface area (TPSA) is 24.1 Å². The highest BCUT2D eigenvalue weighted by Crippen LogP contribution is 2.10. The third kappa shape index (κ3) is 5.81. The van der Waals surface area contributed by atoms with Gasteiger partial charge in [-0.3, -0.25) is 0 Å². The van der Waals surface area contributed by atoms with Gasteiger partial charge in [0.05, 0.1) is 0 Å². The number of unbranched alkanes of at least 4 members (excludes halogenated alkanes) is 2. The van der Waals surface area contributed by atoms with E-state index in [-0.39, 0.29) is 0 Å². The second kappa shape index (κ2) is 7.73. The van der Waals surface area contributed by atoms with Gasteiger partial charge in [0.25, 0.3) is 0 Å². The molecule has 2 heteroatoms. The quantitative estimate of drug-likeness (QED) is 0.493. The molecule has 0 aromatic heterocycles. The summed E-state index contributed by atoms with van der Waals surface area (Å²) in [5.41, 5.74) is 0. The average Bonchev–Trinajstić information content (AvgIpc) is 2.70. The maximum atomic E-state index is 5.20. The highest BCUT2D eigenvalue weighted by molar-refractivity contribution is 4.83. The lowest BCUT2D eigenvalue weighted by Gasteiger charge is -2.18. The van der Waals surface area contributed by atoms with Crippen LogP contribution in [0, 0.1) is 12.3 Å². The Morgan fingerprint density at radius 1 is 1.53 bits per heavy atom. The van der Waals surface area contributed by atoms with E-state index >= 15 is 0 Å². The maximum Gasteiger partial charge on any atom is 0.00865 e. The van der Waals surface area contributed by atoms with Gasteiger partial charge < -0.3 is 10.6 Å². The number of terminal acetylenes is 1. The van der Waals surface area contributed by atoms with Crippen molar-refractivity contribution >= 4 is 0 Å². The molecule has 2 N–H and O–H groups in total. The van der Waals surface area contributed by atoms with Crippen LogP contribution in [0.4, 0.5) is 0 Å². The molecule has 1 saturated heterocycles. The van der Waals surface area contributed by atoms with Crippen molar-refractivity contribution in [3.63, 3.8) is 0 Å². The summed E-state index contributed by atoms with van der Waals surface area (Å²) in [6.07, 6.45) is 12.4. The summed E-state index contributed by atoms with van der Waals surface area (Å²) in [6, 6.07) is 1.38. The van der Waals surface area contributed by atoms with Crippen molar-refractivity contribution in [3.8, 4) is 12.3 Å². The van der Waals surface area contributed by atoms with Crippen LogP contribution in [0.25, 0.3) is 0 Å². The van der Waals surface area contributed by atoms with Crippen LogP contribution in [-0.2, 0) is 0 Å². The monoisotopic (exact) mass is 208 g/mol. The molecule has 15 heavy (non-hydrogen) atoms. The summed E-state index contributed by atoms with van der Waals surface area (Å²) in [5.74, 6) is 2.68. The maximum absolute atomic E-state index is 5.20. The molecule has 1 aliphatic rings. The fraction of sp³-hybridized carbons (Fsp3) is 0.846. The van der Waals surface area contributed by atoms with Gasteiger partial charge in [-0.15, -0.1) is 12.3 Å². The summed E-state index contributed by atoms with van der Waals surface area (Å²) in [7, 11) is 0. The van der Waals surface area contributed by atoms with Gasteiger partial charge in [0.15, 0.2) is 0 Å². The molecule has 1 heterocycles. The first-order valence-corrected chi connectivity index (χ1v) is 6.23. The average molecular weight is 208 g/mol. The Labute approximate surface area is 94.2 Å². The summed E-state index contributed by atoms with van der Waals surface area (Å²) in [6.45, 7) is 4.59. The summed E-state index contributed by atoms with van der Waals surface area (Å²) < 4.78 is 0. The first-order chi connectivity index (χ1) is 7.33. The third-order valence-electron chi connectivity index (χ3n) is 3.04. The molecule has 2 nitrogen and oxygen atoms in total. The standard InChI is InChI=1S/C13H24N2/c1-3-4-5-6-9-14-12(2)11-13-8-7-10-15-13/h1,12-15H,4-11H2,2H3. The van der Waals surface area contributed by atoms with Crippen molar-refractivity contribution in [1.82, 2.24) is 10.6 Å². The van der Waals surface area contributed by atoms with Gasteiger partial charge in [-0.1, -0.05) is 0 Å². The minimum absolute atomic E-state index is 0.631. The Balaban J connectivity index is 1.93. The molecule has 0 aromatic rings. The van der Waals surface area contributed by atoms with Crippen LogP contribution >= 0.6 is 0 Å². The van der Waals surface area contributed by atoms with Gasteiger partial charge in [-0.2, -0.15) is 0 Å². The molecule has 0 aromatic carbocycles. The van der Waals surface area contributed by atoms with E-state index in [2.05, 4.69) is 23.5 Å². The molecule has 2 unspecified atom stereocenters. The second-order valence-electron chi connectivity index (χ2n) is 4.55. The summed E-state index contributed by atoms with van der Waals surface area (Å²) in [5, 5.41) is 7.09. The molecular weight excluding hydrogens is 184 g/mol. The second-order valence-corrected chi connectivity index (χ2v) is 4.55. The summed E-state index contributed by atoms with van der Waals surface area (Å²) in [4.78, 5) is 0. The van der Waals surface area contributed by atoms with Crippen LogP contribution < -0.4 is 10.6 Å². The van der Waals surface area contributed by atoms with Gasteiger partial charge in [0.1, 0.15) is 0 Å².